The topological polar surface area (TPSA) is 0 Å². The first-order chi connectivity index (χ1) is 5.52. The van der Waals surface area contributed by atoms with Crippen LogP contribution in [0.5, 0.6) is 0 Å². The summed E-state index contributed by atoms with van der Waals surface area (Å²) in [5.41, 5.74) is 1.80. The molecule has 0 unspecified atom stereocenters. The van der Waals surface area contributed by atoms with Gasteiger partial charge < -0.3 is 0 Å². The molecule has 0 nitrogen and oxygen atoms in total. The molecule has 0 fully saturated rings. The largest absolute Gasteiger partial charge is 0.0622 e. The van der Waals surface area contributed by atoms with Gasteiger partial charge in [-0.2, -0.15) is 0 Å². The molecule has 0 saturated heterocycles. The lowest BCUT2D eigenvalue weighted by molar-refractivity contribution is 0.339. The van der Waals surface area contributed by atoms with Gasteiger partial charge in [-0.25, -0.2) is 0 Å². The van der Waals surface area contributed by atoms with Gasteiger partial charge in [0.2, 0.25) is 0 Å². The predicted molar refractivity (Wildman–Crippen MR) is 54.3 cm³/mol. The van der Waals surface area contributed by atoms with Crippen molar-refractivity contribution in [3.05, 3.63) is 35.9 Å². The Bertz CT molecular complexity index is 228. The average Bonchev–Trinajstić information content (AvgIpc) is 2.03. The van der Waals surface area contributed by atoms with Crippen LogP contribution in [0.25, 0.3) is 0 Å². The Morgan fingerprint density at radius 2 is 1.50 bits per heavy atom. The van der Waals surface area contributed by atoms with Crippen LogP contribution >= 0.6 is 0 Å². The summed E-state index contributed by atoms with van der Waals surface area (Å²) in [7, 11) is 0. The standard InChI is InChI=1S/C12H18/c1-10(12(2,3)4)11-8-6-5-7-9-11/h5-10H,1-4H3/t10-/m1/s1. The summed E-state index contributed by atoms with van der Waals surface area (Å²) < 4.78 is 0. The van der Waals surface area contributed by atoms with Gasteiger partial charge in [-0.1, -0.05) is 58.0 Å². The third-order valence-electron chi connectivity index (χ3n) is 2.60. The summed E-state index contributed by atoms with van der Waals surface area (Å²) >= 11 is 0. The highest BCUT2D eigenvalue weighted by Gasteiger charge is 2.20. The predicted octanol–water partition coefficient (Wildman–Crippen LogP) is 3.84. The Labute approximate surface area is 75.6 Å². The lowest BCUT2D eigenvalue weighted by Crippen LogP contribution is -2.14. The van der Waals surface area contributed by atoms with E-state index in [1.165, 1.54) is 5.56 Å². The molecule has 12 heavy (non-hydrogen) atoms. The summed E-state index contributed by atoms with van der Waals surface area (Å²) in [6.07, 6.45) is 0. The first-order valence-corrected chi connectivity index (χ1v) is 4.57. The number of rotatable bonds is 1. The van der Waals surface area contributed by atoms with E-state index < -0.39 is 0 Å². The van der Waals surface area contributed by atoms with E-state index >= 15 is 0 Å². The molecule has 0 aliphatic heterocycles. The molecule has 66 valence electrons. The van der Waals surface area contributed by atoms with Gasteiger partial charge in [-0.15, -0.1) is 0 Å². The second kappa shape index (κ2) is 3.30. The minimum absolute atomic E-state index is 0.362. The second-order valence-corrected chi connectivity index (χ2v) is 4.50. The smallest absolute Gasteiger partial charge is 0.0142 e. The zero-order chi connectivity index (χ0) is 9.19. The normalized spacial score (nSPS) is 14.3. The van der Waals surface area contributed by atoms with Gasteiger partial charge in [0.1, 0.15) is 0 Å². The van der Waals surface area contributed by atoms with Gasteiger partial charge in [-0.05, 0) is 16.9 Å². The van der Waals surface area contributed by atoms with Gasteiger partial charge >= 0.3 is 0 Å². The maximum absolute atomic E-state index is 2.29. The van der Waals surface area contributed by atoms with Crippen LogP contribution in [0.2, 0.25) is 0 Å². The third kappa shape index (κ3) is 2.10. The zero-order valence-electron chi connectivity index (χ0n) is 8.46. The molecule has 0 aromatic heterocycles. The van der Waals surface area contributed by atoms with Crippen LogP contribution in [-0.2, 0) is 0 Å². The van der Waals surface area contributed by atoms with Crippen LogP contribution in [0.4, 0.5) is 0 Å². The molecular weight excluding hydrogens is 144 g/mol. The Balaban J connectivity index is 2.86. The van der Waals surface area contributed by atoms with E-state index in [2.05, 4.69) is 58.0 Å². The van der Waals surface area contributed by atoms with Crippen LogP contribution in [0.1, 0.15) is 39.2 Å². The van der Waals surface area contributed by atoms with Crippen molar-refractivity contribution in [3.63, 3.8) is 0 Å². The first-order valence-electron chi connectivity index (χ1n) is 4.57. The summed E-state index contributed by atoms with van der Waals surface area (Å²) in [6.45, 7) is 9.13. The fraction of sp³-hybridized carbons (Fsp3) is 0.500. The van der Waals surface area contributed by atoms with E-state index in [0.717, 1.165) is 0 Å². The molecule has 1 aromatic rings. The van der Waals surface area contributed by atoms with E-state index in [1.54, 1.807) is 0 Å². The molecule has 0 aliphatic rings. The van der Waals surface area contributed by atoms with Crippen molar-refractivity contribution in [2.75, 3.05) is 0 Å². The number of benzene rings is 1. The Morgan fingerprint density at radius 3 is 1.92 bits per heavy atom. The summed E-state index contributed by atoms with van der Waals surface area (Å²) in [5, 5.41) is 0. The highest BCUT2D eigenvalue weighted by molar-refractivity contribution is 5.20. The van der Waals surface area contributed by atoms with Crippen molar-refractivity contribution in [1.82, 2.24) is 0 Å². The quantitative estimate of drug-likeness (QED) is 0.588. The van der Waals surface area contributed by atoms with E-state index in [0.29, 0.717) is 11.3 Å². The maximum atomic E-state index is 2.29. The molecule has 0 heterocycles. The minimum Gasteiger partial charge on any atom is -0.0622 e. The molecule has 0 aliphatic carbocycles. The lowest BCUT2D eigenvalue weighted by atomic mass is 9.78. The van der Waals surface area contributed by atoms with Gasteiger partial charge in [-0.3, -0.25) is 0 Å². The van der Waals surface area contributed by atoms with Gasteiger partial charge in [0, 0.05) is 0 Å². The van der Waals surface area contributed by atoms with E-state index in [9.17, 15) is 0 Å². The first kappa shape index (κ1) is 9.31. The van der Waals surface area contributed by atoms with Gasteiger partial charge in [0.15, 0.2) is 0 Å². The van der Waals surface area contributed by atoms with Crippen molar-refractivity contribution in [1.29, 1.82) is 0 Å². The van der Waals surface area contributed by atoms with Crippen molar-refractivity contribution >= 4 is 0 Å². The Kier molecular flexibility index (Phi) is 2.56. The Hall–Kier alpha value is -0.780. The van der Waals surface area contributed by atoms with Crippen molar-refractivity contribution < 1.29 is 0 Å². The second-order valence-electron chi connectivity index (χ2n) is 4.50. The number of hydrogen-bond donors (Lipinski definition) is 0. The monoisotopic (exact) mass is 162 g/mol. The molecule has 0 saturated carbocycles. The number of hydrogen-bond acceptors (Lipinski definition) is 0. The van der Waals surface area contributed by atoms with Crippen LogP contribution in [-0.4, -0.2) is 0 Å². The summed E-state index contributed by atoms with van der Waals surface area (Å²) in [5.74, 6) is 0.624. The summed E-state index contributed by atoms with van der Waals surface area (Å²) in [6, 6.07) is 10.7. The van der Waals surface area contributed by atoms with E-state index in [-0.39, 0.29) is 0 Å². The van der Waals surface area contributed by atoms with Gasteiger partial charge in [0.05, 0.1) is 0 Å². The SMILES string of the molecule is C[C@H](c1ccccc1)C(C)(C)C. The van der Waals surface area contributed by atoms with Crippen LogP contribution in [0, 0.1) is 5.41 Å². The Morgan fingerprint density at radius 1 is 1.00 bits per heavy atom. The highest BCUT2D eigenvalue weighted by atomic mass is 14.3. The van der Waals surface area contributed by atoms with Crippen LogP contribution in [0.15, 0.2) is 30.3 Å². The lowest BCUT2D eigenvalue weighted by Gasteiger charge is -2.27. The van der Waals surface area contributed by atoms with Crippen molar-refractivity contribution in [2.45, 2.75) is 33.6 Å². The molecule has 0 heteroatoms. The third-order valence-corrected chi connectivity index (χ3v) is 2.60. The fourth-order valence-corrected chi connectivity index (χ4v) is 1.24. The molecule has 1 rings (SSSR count). The molecule has 0 spiro atoms. The summed E-state index contributed by atoms with van der Waals surface area (Å²) in [4.78, 5) is 0. The van der Waals surface area contributed by atoms with E-state index in [1.807, 2.05) is 0 Å². The van der Waals surface area contributed by atoms with Crippen molar-refractivity contribution in [3.8, 4) is 0 Å². The minimum atomic E-state index is 0.362. The maximum Gasteiger partial charge on any atom is -0.0142 e. The molecule has 0 radical (unpaired) electrons. The van der Waals surface area contributed by atoms with Crippen LogP contribution in [0.3, 0.4) is 0 Å². The fourth-order valence-electron chi connectivity index (χ4n) is 1.24. The van der Waals surface area contributed by atoms with Crippen LogP contribution < -0.4 is 0 Å². The molecular formula is C12H18. The molecule has 0 amide bonds. The average molecular weight is 162 g/mol. The molecule has 1 aromatic carbocycles. The highest BCUT2D eigenvalue weighted by Crippen LogP contribution is 2.33. The molecule has 1 atom stereocenters. The zero-order valence-corrected chi connectivity index (χ0v) is 8.46. The van der Waals surface area contributed by atoms with Gasteiger partial charge in [0.25, 0.3) is 0 Å². The molecule has 0 bridgehead atoms. The van der Waals surface area contributed by atoms with E-state index in [4.69, 9.17) is 0 Å². The van der Waals surface area contributed by atoms with Crippen molar-refractivity contribution in [2.24, 2.45) is 5.41 Å². The molecule has 0 N–H and O–H groups in total.